The van der Waals surface area contributed by atoms with Crippen molar-refractivity contribution < 1.29 is 9.53 Å². The number of carbonyl (C=O) groups excluding carboxylic acids is 1. The first-order valence-corrected chi connectivity index (χ1v) is 7.08. The maximum absolute atomic E-state index is 11.7. The van der Waals surface area contributed by atoms with Gasteiger partial charge in [0.2, 0.25) is 0 Å². The van der Waals surface area contributed by atoms with Crippen molar-refractivity contribution in [2.75, 3.05) is 0 Å². The van der Waals surface area contributed by atoms with Crippen molar-refractivity contribution in [3.05, 3.63) is 58.1 Å². The SMILES string of the molecule is CC(Cl)C(=O)c1ccc(Oc2ccc(Cl)cc2Cl)cc1. The summed E-state index contributed by atoms with van der Waals surface area (Å²) < 4.78 is 5.62. The molecule has 104 valence electrons. The van der Waals surface area contributed by atoms with Crippen LogP contribution in [0.4, 0.5) is 0 Å². The Hall–Kier alpha value is -1.22. The second-order valence-electron chi connectivity index (χ2n) is 4.18. The predicted molar refractivity (Wildman–Crippen MR) is 82.6 cm³/mol. The van der Waals surface area contributed by atoms with E-state index in [4.69, 9.17) is 39.5 Å². The lowest BCUT2D eigenvalue weighted by molar-refractivity contribution is 0.0992. The van der Waals surface area contributed by atoms with Gasteiger partial charge in [0.15, 0.2) is 5.78 Å². The van der Waals surface area contributed by atoms with E-state index in [-0.39, 0.29) is 5.78 Å². The fourth-order valence-electron chi connectivity index (χ4n) is 1.60. The molecule has 2 aromatic rings. The summed E-state index contributed by atoms with van der Waals surface area (Å²) >= 11 is 17.6. The van der Waals surface area contributed by atoms with Crippen LogP contribution in [-0.4, -0.2) is 11.2 Å². The van der Waals surface area contributed by atoms with Crippen LogP contribution in [0.25, 0.3) is 0 Å². The van der Waals surface area contributed by atoms with E-state index < -0.39 is 5.38 Å². The Kier molecular flexibility index (Phi) is 4.92. The minimum Gasteiger partial charge on any atom is -0.456 e. The van der Waals surface area contributed by atoms with Gasteiger partial charge in [0.1, 0.15) is 11.5 Å². The largest absolute Gasteiger partial charge is 0.456 e. The van der Waals surface area contributed by atoms with Crippen LogP contribution in [0.5, 0.6) is 11.5 Å². The Bertz CT molecular complexity index is 622. The maximum Gasteiger partial charge on any atom is 0.180 e. The standard InChI is InChI=1S/C15H11Cl3O2/c1-9(16)15(19)10-2-5-12(6-3-10)20-14-7-4-11(17)8-13(14)18/h2-9H,1H3. The molecule has 0 aliphatic rings. The fourth-order valence-corrected chi connectivity index (χ4v) is 2.17. The average Bonchev–Trinajstić information content (AvgIpc) is 2.42. The van der Waals surface area contributed by atoms with E-state index in [1.807, 2.05) is 0 Å². The van der Waals surface area contributed by atoms with Gasteiger partial charge in [-0.2, -0.15) is 0 Å². The quantitative estimate of drug-likeness (QED) is 0.539. The lowest BCUT2D eigenvalue weighted by Crippen LogP contribution is -2.09. The highest BCUT2D eigenvalue weighted by molar-refractivity contribution is 6.35. The molecule has 20 heavy (non-hydrogen) atoms. The summed E-state index contributed by atoms with van der Waals surface area (Å²) in [5, 5.41) is 0.416. The Morgan fingerprint density at radius 2 is 1.75 bits per heavy atom. The van der Waals surface area contributed by atoms with Crippen LogP contribution in [-0.2, 0) is 0 Å². The van der Waals surface area contributed by atoms with Crippen LogP contribution < -0.4 is 4.74 Å². The van der Waals surface area contributed by atoms with Crippen LogP contribution in [0, 0.1) is 0 Å². The summed E-state index contributed by atoms with van der Waals surface area (Å²) in [6.07, 6.45) is 0. The van der Waals surface area contributed by atoms with Gasteiger partial charge in [-0.15, -0.1) is 11.6 Å². The number of alkyl halides is 1. The summed E-state index contributed by atoms with van der Waals surface area (Å²) in [4.78, 5) is 11.7. The van der Waals surface area contributed by atoms with Gasteiger partial charge in [0, 0.05) is 10.6 Å². The zero-order chi connectivity index (χ0) is 14.7. The molecule has 0 radical (unpaired) electrons. The number of Topliss-reactive ketones (excluding diaryl/α,β-unsaturated/α-hetero) is 1. The summed E-state index contributed by atoms with van der Waals surface area (Å²) in [7, 11) is 0. The summed E-state index contributed by atoms with van der Waals surface area (Å²) in [5.41, 5.74) is 0.544. The molecule has 0 saturated heterocycles. The molecule has 0 N–H and O–H groups in total. The summed E-state index contributed by atoms with van der Waals surface area (Å²) in [5.74, 6) is 0.955. The lowest BCUT2D eigenvalue weighted by atomic mass is 10.1. The smallest absolute Gasteiger partial charge is 0.180 e. The van der Waals surface area contributed by atoms with E-state index in [1.165, 1.54) is 0 Å². The van der Waals surface area contributed by atoms with Crippen molar-refractivity contribution in [3.8, 4) is 11.5 Å². The second-order valence-corrected chi connectivity index (χ2v) is 5.68. The third-order valence-electron chi connectivity index (χ3n) is 2.62. The number of hydrogen-bond donors (Lipinski definition) is 0. The first kappa shape index (κ1) is 15.2. The molecule has 0 amide bonds. The van der Waals surface area contributed by atoms with Crippen molar-refractivity contribution in [3.63, 3.8) is 0 Å². The van der Waals surface area contributed by atoms with Crippen LogP contribution in [0.3, 0.4) is 0 Å². The van der Waals surface area contributed by atoms with Gasteiger partial charge in [-0.3, -0.25) is 4.79 Å². The van der Waals surface area contributed by atoms with Crippen molar-refractivity contribution in [1.29, 1.82) is 0 Å². The van der Waals surface area contributed by atoms with Crippen molar-refractivity contribution in [2.24, 2.45) is 0 Å². The number of carbonyl (C=O) groups is 1. The number of ether oxygens (including phenoxy) is 1. The highest BCUT2D eigenvalue weighted by Crippen LogP contribution is 2.31. The molecule has 2 rings (SSSR count). The molecule has 0 aliphatic carbocycles. The molecule has 0 saturated carbocycles. The molecule has 2 aromatic carbocycles. The Morgan fingerprint density at radius 3 is 2.30 bits per heavy atom. The van der Waals surface area contributed by atoms with Crippen LogP contribution in [0.2, 0.25) is 10.0 Å². The molecule has 0 spiro atoms. The molecule has 0 aromatic heterocycles. The molecule has 5 heteroatoms. The lowest BCUT2D eigenvalue weighted by Gasteiger charge is -2.09. The zero-order valence-electron chi connectivity index (χ0n) is 10.6. The van der Waals surface area contributed by atoms with Gasteiger partial charge in [0.05, 0.1) is 10.4 Å². The van der Waals surface area contributed by atoms with E-state index in [2.05, 4.69) is 0 Å². The Morgan fingerprint density at radius 1 is 1.10 bits per heavy atom. The molecule has 2 nitrogen and oxygen atoms in total. The third kappa shape index (κ3) is 3.66. The third-order valence-corrected chi connectivity index (χ3v) is 3.35. The van der Waals surface area contributed by atoms with Crippen LogP contribution in [0.15, 0.2) is 42.5 Å². The minimum atomic E-state index is -0.549. The minimum absolute atomic E-state index is 0.122. The topological polar surface area (TPSA) is 26.3 Å². The van der Waals surface area contributed by atoms with Crippen LogP contribution >= 0.6 is 34.8 Å². The number of benzene rings is 2. The van der Waals surface area contributed by atoms with E-state index in [0.717, 1.165) is 0 Å². The zero-order valence-corrected chi connectivity index (χ0v) is 12.8. The highest BCUT2D eigenvalue weighted by Gasteiger charge is 2.12. The van der Waals surface area contributed by atoms with Gasteiger partial charge >= 0.3 is 0 Å². The number of hydrogen-bond acceptors (Lipinski definition) is 2. The van der Waals surface area contributed by atoms with Crippen molar-refractivity contribution in [1.82, 2.24) is 0 Å². The fraction of sp³-hybridized carbons (Fsp3) is 0.133. The molecular formula is C15H11Cl3O2. The summed E-state index contributed by atoms with van der Waals surface area (Å²) in [6, 6.07) is 11.7. The highest BCUT2D eigenvalue weighted by atomic mass is 35.5. The van der Waals surface area contributed by atoms with E-state index in [1.54, 1.807) is 49.4 Å². The molecule has 0 fully saturated rings. The molecular weight excluding hydrogens is 319 g/mol. The van der Waals surface area contributed by atoms with Gasteiger partial charge in [0.25, 0.3) is 0 Å². The van der Waals surface area contributed by atoms with Crippen molar-refractivity contribution in [2.45, 2.75) is 12.3 Å². The average molecular weight is 330 g/mol. The van der Waals surface area contributed by atoms with E-state index in [9.17, 15) is 4.79 Å². The number of rotatable bonds is 4. The second kappa shape index (κ2) is 6.49. The molecule has 0 bridgehead atoms. The Labute approximate surface area is 132 Å². The maximum atomic E-state index is 11.7. The van der Waals surface area contributed by atoms with Crippen molar-refractivity contribution >= 4 is 40.6 Å². The Balaban J connectivity index is 2.17. The molecule has 0 heterocycles. The predicted octanol–water partition coefficient (Wildman–Crippen LogP) is 5.60. The molecule has 1 unspecified atom stereocenters. The first-order chi connectivity index (χ1) is 9.47. The van der Waals surface area contributed by atoms with Crippen LogP contribution in [0.1, 0.15) is 17.3 Å². The summed E-state index contributed by atoms with van der Waals surface area (Å²) in [6.45, 7) is 1.64. The monoisotopic (exact) mass is 328 g/mol. The molecule has 0 aliphatic heterocycles. The van der Waals surface area contributed by atoms with E-state index >= 15 is 0 Å². The number of ketones is 1. The van der Waals surface area contributed by atoms with Gasteiger partial charge < -0.3 is 4.74 Å². The number of halogens is 3. The van der Waals surface area contributed by atoms with Gasteiger partial charge in [-0.1, -0.05) is 23.2 Å². The molecule has 1 atom stereocenters. The van der Waals surface area contributed by atoms with Gasteiger partial charge in [-0.05, 0) is 49.4 Å². The van der Waals surface area contributed by atoms with Gasteiger partial charge in [-0.25, -0.2) is 0 Å². The first-order valence-electron chi connectivity index (χ1n) is 5.88. The van der Waals surface area contributed by atoms with E-state index in [0.29, 0.717) is 27.1 Å². The normalized spacial score (nSPS) is 12.0.